The lowest BCUT2D eigenvalue weighted by Crippen LogP contribution is -2.48. The summed E-state index contributed by atoms with van der Waals surface area (Å²) in [6, 6.07) is 5.58. The number of halogens is 1. The molecule has 0 atom stereocenters. The Morgan fingerprint density at radius 2 is 1.74 bits per heavy atom. The molecule has 5 nitrogen and oxygen atoms in total. The summed E-state index contributed by atoms with van der Waals surface area (Å²) in [4.78, 5) is 25.0. The number of phenols is 1. The highest BCUT2D eigenvalue weighted by Crippen LogP contribution is 2.61. The number of hydrogen-bond donors (Lipinski definition) is 2. The summed E-state index contributed by atoms with van der Waals surface area (Å²) >= 11 is 0. The van der Waals surface area contributed by atoms with Crippen LogP contribution in [0.1, 0.15) is 49.7 Å². The van der Waals surface area contributed by atoms with E-state index in [1.807, 2.05) is 17.1 Å². The largest absolute Gasteiger partial charge is 0.508 e. The zero-order valence-electron chi connectivity index (χ0n) is 15.1. The number of rotatable bonds is 3. The van der Waals surface area contributed by atoms with Crippen LogP contribution in [0.25, 0.3) is 0 Å². The molecule has 6 rings (SSSR count). The molecular weight excluding hydrogens is 347 g/mol. The fourth-order valence-corrected chi connectivity index (χ4v) is 6.36. The number of nitrogens with zero attached hydrogens (tertiary/aromatic N) is 1. The van der Waals surface area contributed by atoms with Gasteiger partial charge in [0.1, 0.15) is 5.75 Å². The summed E-state index contributed by atoms with van der Waals surface area (Å²) in [6.45, 7) is 0.0985. The van der Waals surface area contributed by atoms with Crippen LogP contribution in [0.4, 0.5) is 4.39 Å². The first kappa shape index (κ1) is 16.8. The van der Waals surface area contributed by atoms with E-state index in [1.165, 1.54) is 19.3 Å². The molecule has 2 N–H and O–H groups in total. The van der Waals surface area contributed by atoms with Crippen LogP contribution in [-0.4, -0.2) is 14.7 Å². The molecule has 0 aliphatic heterocycles. The van der Waals surface area contributed by atoms with Gasteiger partial charge in [-0.15, -0.1) is 0 Å². The topological polar surface area (TPSA) is 75.1 Å². The minimum absolute atomic E-state index is 0.0955. The monoisotopic (exact) mass is 370 g/mol. The number of benzene rings is 1. The van der Waals surface area contributed by atoms with Crippen molar-refractivity contribution >= 4 is 0 Å². The lowest BCUT2D eigenvalue weighted by molar-refractivity contribution is -0.00614. The lowest BCUT2D eigenvalue weighted by atomic mass is 9.48. The minimum Gasteiger partial charge on any atom is -0.508 e. The SMILES string of the molecule is O=c1[nH]c(=O)n(Cc2ccc(C34CC5CC(CC(C5)C3)C4)c(O)c2)cc1F. The Morgan fingerprint density at radius 3 is 2.33 bits per heavy atom. The number of aromatic nitrogens is 2. The van der Waals surface area contributed by atoms with Crippen LogP contribution in [0.3, 0.4) is 0 Å². The van der Waals surface area contributed by atoms with Gasteiger partial charge in [0.05, 0.1) is 12.7 Å². The van der Waals surface area contributed by atoms with Crippen molar-refractivity contribution in [2.24, 2.45) is 17.8 Å². The van der Waals surface area contributed by atoms with E-state index in [1.54, 1.807) is 6.07 Å². The Morgan fingerprint density at radius 1 is 1.11 bits per heavy atom. The third-order valence-electron chi connectivity index (χ3n) is 6.99. The maximum atomic E-state index is 13.5. The summed E-state index contributed by atoms with van der Waals surface area (Å²) < 4.78 is 14.6. The molecule has 27 heavy (non-hydrogen) atoms. The van der Waals surface area contributed by atoms with Crippen LogP contribution < -0.4 is 11.2 Å². The molecule has 1 aromatic heterocycles. The molecule has 0 saturated heterocycles. The van der Waals surface area contributed by atoms with Gasteiger partial charge in [-0.3, -0.25) is 14.3 Å². The highest BCUT2D eigenvalue weighted by Gasteiger charge is 2.52. The van der Waals surface area contributed by atoms with Crippen molar-refractivity contribution < 1.29 is 9.50 Å². The predicted molar refractivity (Wildman–Crippen MR) is 98.3 cm³/mol. The summed E-state index contributed by atoms with van der Waals surface area (Å²) in [6.07, 6.45) is 8.44. The van der Waals surface area contributed by atoms with E-state index in [-0.39, 0.29) is 17.7 Å². The van der Waals surface area contributed by atoms with Crippen molar-refractivity contribution in [3.8, 4) is 5.75 Å². The fraction of sp³-hybridized carbons (Fsp3) is 0.524. The van der Waals surface area contributed by atoms with E-state index in [9.17, 15) is 19.1 Å². The third-order valence-corrected chi connectivity index (χ3v) is 6.99. The second kappa shape index (κ2) is 5.81. The molecule has 1 aromatic carbocycles. The average Bonchev–Trinajstić information content (AvgIpc) is 2.58. The van der Waals surface area contributed by atoms with Crippen molar-refractivity contribution in [2.75, 3.05) is 0 Å². The Bertz CT molecular complexity index is 988. The van der Waals surface area contributed by atoms with Gasteiger partial charge in [0.2, 0.25) is 5.82 Å². The third kappa shape index (κ3) is 2.73. The highest BCUT2D eigenvalue weighted by molar-refractivity contribution is 5.43. The number of hydrogen-bond acceptors (Lipinski definition) is 3. The minimum atomic E-state index is -1.02. The fourth-order valence-electron chi connectivity index (χ4n) is 6.36. The summed E-state index contributed by atoms with van der Waals surface area (Å²) in [5.41, 5.74) is 0.153. The molecule has 4 aliphatic rings. The Kier molecular flexibility index (Phi) is 3.61. The molecular formula is C21H23FN2O3. The van der Waals surface area contributed by atoms with Crippen molar-refractivity contribution in [1.29, 1.82) is 0 Å². The molecule has 6 heteroatoms. The Balaban J connectivity index is 1.46. The number of nitrogens with one attached hydrogen (secondary N) is 1. The van der Waals surface area contributed by atoms with Crippen molar-refractivity contribution in [1.82, 2.24) is 9.55 Å². The van der Waals surface area contributed by atoms with E-state index in [2.05, 4.69) is 0 Å². The first-order valence-corrected chi connectivity index (χ1v) is 9.73. The summed E-state index contributed by atoms with van der Waals surface area (Å²) in [5.74, 6) is 1.64. The van der Waals surface area contributed by atoms with Gasteiger partial charge in [-0.25, -0.2) is 4.79 Å². The van der Waals surface area contributed by atoms with E-state index in [0.717, 1.165) is 53.3 Å². The molecule has 2 aromatic rings. The number of aromatic hydroxyl groups is 1. The zero-order chi connectivity index (χ0) is 18.8. The molecule has 0 radical (unpaired) electrons. The van der Waals surface area contributed by atoms with Crippen LogP contribution in [-0.2, 0) is 12.0 Å². The molecule has 4 fully saturated rings. The number of aromatic amines is 1. The normalized spacial score (nSPS) is 31.4. The van der Waals surface area contributed by atoms with Gasteiger partial charge < -0.3 is 5.11 Å². The standard InChI is InChI=1S/C21H23FN2O3/c22-17-11-24(20(27)23-19(17)26)10-12-1-2-16(18(25)6-12)21-7-13-3-14(8-21)5-15(4-13)9-21/h1-2,6,11,13-15,25H,3-5,7-10H2,(H,23,26,27). The first-order valence-electron chi connectivity index (χ1n) is 9.73. The van der Waals surface area contributed by atoms with Crippen molar-refractivity contribution in [2.45, 2.75) is 50.5 Å². The van der Waals surface area contributed by atoms with E-state index >= 15 is 0 Å². The van der Waals surface area contributed by atoms with E-state index in [0.29, 0.717) is 5.56 Å². The molecule has 4 bridgehead atoms. The predicted octanol–water partition coefficient (Wildman–Crippen LogP) is 2.90. The highest BCUT2D eigenvalue weighted by atomic mass is 19.1. The maximum absolute atomic E-state index is 13.5. The van der Waals surface area contributed by atoms with Crippen LogP contribution in [0.2, 0.25) is 0 Å². The quantitative estimate of drug-likeness (QED) is 0.872. The second-order valence-electron chi connectivity index (χ2n) is 8.91. The van der Waals surface area contributed by atoms with Crippen LogP contribution >= 0.6 is 0 Å². The van der Waals surface area contributed by atoms with Gasteiger partial charge >= 0.3 is 5.69 Å². The van der Waals surface area contributed by atoms with E-state index < -0.39 is 17.1 Å². The molecule has 4 aliphatic carbocycles. The Labute approximate surface area is 155 Å². The van der Waals surface area contributed by atoms with Gasteiger partial charge in [-0.2, -0.15) is 4.39 Å². The average molecular weight is 370 g/mol. The second-order valence-corrected chi connectivity index (χ2v) is 8.91. The summed E-state index contributed by atoms with van der Waals surface area (Å²) in [7, 11) is 0. The number of phenolic OH excluding ortho intramolecular Hbond substituents is 1. The number of H-pyrrole nitrogens is 1. The Hall–Kier alpha value is -2.37. The van der Waals surface area contributed by atoms with Gasteiger partial charge in [0.25, 0.3) is 5.56 Å². The molecule has 0 amide bonds. The first-order chi connectivity index (χ1) is 12.9. The van der Waals surface area contributed by atoms with Crippen LogP contribution in [0.5, 0.6) is 5.75 Å². The van der Waals surface area contributed by atoms with Gasteiger partial charge in [0, 0.05) is 5.56 Å². The molecule has 4 saturated carbocycles. The lowest BCUT2D eigenvalue weighted by Gasteiger charge is -2.57. The summed E-state index contributed by atoms with van der Waals surface area (Å²) in [5, 5.41) is 10.8. The molecule has 1 heterocycles. The molecule has 0 unspecified atom stereocenters. The van der Waals surface area contributed by atoms with Gasteiger partial charge in [0.15, 0.2) is 0 Å². The smallest absolute Gasteiger partial charge is 0.328 e. The van der Waals surface area contributed by atoms with E-state index in [4.69, 9.17) is 0 Å². The van der Waals surface area contributed by atoms with Crippen LogP contribution in [0.15, 0.2) is 34.0 Å². The molecule has 0 spiro atoms. The zero-order valence-corrected chi connectivity index (χ0v) is 15.1. The van der Waals surface area contributed by atoms with Gasteiger partial charge in [-0.05, 0) is 73.3 Å². The van der Waals surface area contributed by atoms with Crippen molar-refractivity contribution in [3.63, 3.8) is 0 Å². The molecule has 142 valence electrons. The van der Waals surface area contributed by atoms with Crippen LogP contribution in [0, 0.1) is 23.6 Å². The van der Waals surface area contributed by atoms with Gasteiger partial charge in [-0.1, -0.05) is 12.1 Å². The van der Waals surface area contributed by atoms with Crippen molar-refractivity contribution in [3.05, 3.63) is 62.2 Å². The maximum Gasteiger partial charge on any atom is 0.328 e.